The number of benzene rings is 3. The maximum Gasteiger partial charge on any atom is 0.408 e. The number of carbonyl (C=O) groups is 5. The zero-order valence-corrected chi connectivity index (χ0v) is 36.6. The van der Waals surface area contributed by atoms with E-state index >= 15 is 0 Å². The van der Waals surface area contributed by atoms with E-state index in [9.17, 15) is 37.5 Å². The van der Waals surface area contributed by atoms with Crippen LogP contribution < -0.4 is 38.2 Å². The van der Waals surface area contributed by atoms with Crippen molar-refractivity contribution in [2.75, 3.05) is 30.4 Å². The molecule has 1 aliphatic heterocycles. The Morgan fingerprint density at radius 1 is 0.913 bits per heavy atom. The number of hydrazine groups is 1. The van der Waals surface area contributed by atoms with Gasteiger partial charge in [-0.1, -0.05) is 66.7 Å². The fourth-order valence-electron chi connectivity index (χ4n) is 8.38. The van der Waals surface area contributed by atoms with Gasteiger partial charge in [-0.05, 0) is 72.4 Å². The summed E-state index contributed by atoms with van der Waals surface area (Å²) in [7, 11) is 0. The first-order valence-corrected chi connectivity index (χ1v) is 21.9. The van der Waals surface area contributed by atoms with Crippen molar-refractivity contribution in [3.05, 3.63) is 143 Å². The van der Waals surface area contributed by atoms with E-state index in [1.807, 2.05) is 60.7 Å². The normalized spacial score (nSPS) is 15.8. The molecule has 1 atom stereocenters. The van der Waals surface area contributed by atoms with E-state index in [-0.39, 0.29) is 35.9 Å². The van der Waals surface area contributed by atoms with Gasteiger partial charge < -0.3 is 31.3 Å². The van der Waals surface area contributed by atoms with Crippen LogP contribution in [0.3, 0.4) is 0 Å². The molecule has 3 aromatic carbocycles. The number of rotatable bonds is 14. The average molecular weight is 939 g/mol. The van der Waals surface area contributed by atoms with Crippen molar-refractivity contribution in [1.82, 2.24) is 45.5 Å². The highest BCUT2D eigenvalue weighted by Crippen LogP contribution is 2.43. The van der Waals surface area contributed by atoms with E-state index in [0.29, 0.717) is 29.6 Å². The first-order valence-electron chi connectivity index (χ1n) is 21.9. The number of ether oxygens (including phenoxy) is 1. The number of nitrogens with one attached hydrogen (secondary N) is 6. The number of amides is 5. The molecule has 7 aromatic rings. The molecule has 1 saturated heterocycles. The van der Waals surface area contributed by atoms with E-state index in [1.54, 1.807) is 24.4 Å². The van der Waals surface area contributed by atoms with E-state index in [4.69, 9.17) is 15.5 Å². The molecule has 69 heavy (non-hydrogen) atoms. The lowest BCUT2D eigenvalue weighted by Gasteiger charge is -2.42. The van der Waals surface area contributed by atoms with Crippen LogP contribution in [0.25, 0.3) is 38.9 Å². The Labute approximate surface area is 390 Å². The molecule has 0 radical (unpaired) electrons. The van der Waals surface area contributed by atoms with Crippen molar-refractivity contribution in [3.8, 4) is 22.4 Å². The number of nitrogens with zero attached hydrogens (tertiary/aromatic N) is 5. The Morgan fingerprint density at radius 3 is 2.38 bits per heavy atom. The number of nitrogens with two attached hydrogens (primary N) is 1. The molecule has 8 N–H and O–H groups in total. The maximum atomic E-state index is 14.6. The summed E-state index contributed by atoms with van der Waals surface area (Å²) in [5.74, 6) is -6.09. The van der Waals surface area contributed by atoms with Gasteiger partial charge in [0.25, 0.3) is 17.7 Å². The summed E-state index contributed by atoms with van der Waals surface area (Å²) in [6.45, 7) is -2.03. The van der Waals surface area contributed by atoms with Crippen molar-refractivity contribution in [2.24, 2.45) is 5.73 Å². The summed E-state index contributed by atoms with van der Waals surface area (Å²) < 4.78 is 36.3. The van der Waals surface area contributed by atoms with Crippen LogP contribution in [0.2, 0.25) is 0 Å². The number of alkyl carbamates (subject to hydrolysis) is 1. The molecule has 2 fully saturated rings. The summed E-state index contributed by atoms with van der Waals surface area (Å²) in [5.41, 5.74) is 15.4. The maximum absolute atomic E-state index is 14.6. The van der Waals surface area contributed by atoms with Gasteiger partial charge in [-0.25, -0.2) is 37.8 Å². The highest BCUT2D eigenvalue weighted by atomic mass is 19.3. The fourth-order valence-corrected chi connectivity index (χ4v) is 8.38. The van der Waals surface area contributed by atoms with Crippen LogP contribution in [-0.4, -0.2) is 90.8 Å². The minimum atomic E-state index is -3.35. The Bertz CT molecular complexity index is 3140. The monoisotopic (exact) mass is 938 g/mol. The molecule has 21 heteroatoms. The zero-order valence-electron chi connectivity index (χ0n) is 36.6. The van der Waals surface area contributed by atoms with Crippen LogP contribution in [0.4, 0.5) is 25.1 Å². The van der Waals surface area contributed by atoms with Gasteiger partial charge in [0.05, 0.1) is 41.9 Å². The van der Waals surface area contributed by atoms with Crippen molar-refractivity contribution in [1.29, 1.82) is 0 Å². The molecule has 1 saturated carbocycles. The van der Waals surface area contributed by atoms with Crippen molar-refractivity contribution in [3.63, 3.8) is 0 Å². The van der Waals surface area contributed by atoms with Crippen LogP contribution in [-0.2, 0) is 31.3 Å². The third-order valence-electron chi connectivity index (χ3n) is 12.1. The topological polar surface area (TPSA) is 260 Å². The number of anilines is 2. The summed E-state index contributed by atoms with van der Waals surface area (Å²) in [4.78, 5) is 85.7. The molecule has 0 unspecified atom stereocenters. The predicted molar refractivity (Wildman–Crippen MR) is 248 cm³/mol. The highest BCUT2D eigenvalue weighted by Gasteiger charge is 2.50. The van der Waals surface area contributed by atoms with Gasteiger partial charge in [-0.3, -0.25) is 30.0 Å². The number of halogens is 2. The molecule has 19 nitrogen and oxygen atoms in total. The minimum absolute atomic E-state index is 0.0489. The average Bonchev–Trinajstić information content (AvgIpc) is 3.91. The lowest BCUT2D eigenvalue weighted by molar-refractivity contribution is -0.136. The number of pyridine rings is 3. The van der Waals surface area contributed by atoms with Gasteiger partial charge in [0.2, 0.25) is 11.8 Å². The lowest BCUT2D eigenvalue weighted by atomic mass is 9.71. The molecular weight excluding hydrogens is 895 g/mol. The standard InChI is InChI=1S/C48H44F2N12O7/c49-48(50)22-37(62(27-48)40(64)25-53-43(65)31-11-16-38(52-24-31)57-58-39(63)23-51)44(66)54-33-14-7-28(8-15-33)26-69-46(68)56-47(18-4-19-47)32-12-9-30(10-13-32)41-34(29-5-2-1-3-6-29)21-35-36(55-41)17-20-61-42(35)59-60-45(61)67/h1-3,5-17,20-21,24,37H,4,18-19,22-23,25-27,51H2,(H,52,57)(H,53,65)(H,54,66)(H,56,68)(H,58,63)(H,60,67)/t37-/m0/s1. The Kier molecular flexibility index (Phi) is 12.5. The second kappa shape index (κ2) is 19.0. The number of hydrogen-bond acceptors (Lipinski definition) is 12. The number of aromatic amines is 1. The molecule has 5 amide bonds. The molecular formula is C48H44F2N12O7. The van der Waals surface area contributed by atoms with Crippen molar-refractivity contribution < 1.29 is 37.5 Å². The molecule has 0 bridgehead atoms. The first kappa shape index (κ1) is 45.6. The van der Waals surface area contributed by atoms with E-state index in [2.05, 4.69) is 42.0 Å². The number of H-pyrrole nitrogens is 1. The zero-order chi connectivity index (χ0) is 48.3. The van der Waals surface area contributed by atoms with Crippen molar-refractivity contribution >= 4 is 57.8 Å². The van der Waals surface area contributed by atoms with E-state index < -0.39 is 66.7 Å². The van der Waals surface area contributed by atoms with Gasteiger partial charge in [0.15, 0.2) is 5.65 Å². The smallest absolute Gasteiger partial charge is 0.408 e. The summed E-state index contributed by atoms with van der Waals surface area (Å²) >= 11 is 0. The molecule has 0 spiro atoms. The van der Waals surface area contributed by atoms with Crippen LogP contribution in [0, 0.1) is 0 Å². The Morgan fingerprint density at radius 2 is 1.68 bits per heavy atom. The molecule has 9 rings (SSSR count). The van der Waals surface area contributed by atoms with Gasteiger partial charge in [0, 0.05) is 41.0 Å². The molecule has 2 aliphatic rings. The summed E-state index contributed by atoms with van der Waals surface area (Å²) in [5, 5.41) is 15.5. The molecule has 5 heterocycles. The highest BCUT2D eigenvalue weighted by molar-refractivity contribution is 6.00. The third-order valence-corrected chi connectivity index (χ3v) is 12.1. The van der Waals surface area contributed by atoms with Crippen molar-refractivity contribution in [2.45, 2.75) is 49.8 Å². The molecule has 4 aromatic heterocycles. The quantitative estimate of drug-likeness (QED) is 0.0738. The van der Waals surface area contributed by atoms with Crippen LogP contribution in [0.15, 0.2) is 120 Å². The van der Waals surface area contributed by atoms with Gasteiger partial charge >= 0.3 is 11.8 Å². The fraction of sp³-hybridized carbons (Fsp3) is 0.229. The lowest BCUT2D eigenvalue weighted by Crippen LogP contribution is -2.50. The van der Waals surface area contributed by atoms with Crippen LogP contribution in [0.1, 0.15) is 47.2 Å². The van der Waals surface area contributed by atoms with Crippen LogP contribution >= 0.6 is 0 Å². The summed E-state index contributed by atoms with van der Waals surface area (Å²) in [6.07, 6.45) is 3.58. The van der Waals surface area contributed by atoms with Crippen LogP contribution in [0.5, 0.6) is 0 Å². The number of likely N-dealkylation sites (tertiary alicyclic amines) is 1. The SMILES string of the molecule is NCC(=O)NNc1ccc(C(=O)NCC(=O)N2CC(F)(F)C[C@H]2C(=O)Nc2ccc(COC(=O)NC3(c4ccc(-c5nc6ccn7c(=O)[nH]nc7c6cc5-c5ccccc5)cc4)CCC3)cc2)cn1. The second-order valence-electron chi connectivity index (χ2n) is 16.7. The Balaban J connectivity index is 0.794. The van der Waals surface area contributed by atoms with E-state index in [1.165, 1.54) is 34.9 Å². The third kappa shape index (κ3) is 9.79. The largest absolute Gasteiger partial charge is 0.445 e. The van der Waals surface area contributed by atoms with Gasteiger partial charge in [-0.15, -0.1) is 0 Å². The summed E-state index contributed by atoms with van der Waals surface area (Å²) in [6, 6.07) is 29.0. The first-order chi connectivity index (χ1) is 33.3. The number of carbonyl (C=O) groups excluding carboxylic acids is 5. The van der Waals surface area contributed by atoms with Gasteiger partial charge in [-0.2, -0.15) is 5.10 Å². The second-order valence-corrected chi connectivity index (χ2v) is 16.7. The predicted octanol–water partition coefficient (Wildman–Crippen LogP) is 4.61. The number of hydrogen-bond donors (Lipinski definition) is 7. The number of fused-ring (bicyclic) bond motifs is 3. The molecule has 352 valence electrons. The minimum Gasteiger partial charge on any atom is -0.445 e. The van der Waals surface area contributed by atoms with Gasteiger partial charge in [0.1, 0.15) is 18.5 Å². The molecule has 1 aliphatic carbocycles. The number of aromatic nitrogens is 5. The van der Waals surface area contributed by atoms with E-state index in [0.717, 1.165) is 44.7 Å². The Hall–Kier alpha value is -8.59. The number of alkyl halides is 2.